The summed E-state index contributed by atoms with van der Waals surface area (Å²) in [7, 11) is 0. The maximum Gasteiger partial charge on any atom is 0.148 e. The van der Waals surface area contributed by atoms with Crippen LogP contribution < -0.4 is 5.32 Å². The van der Waals surface area contributed by atoms with Crippen LogP contribution in [0.15, 0.2) is 24.3 Å². The van der Waals surface area contributed by atoms with Crippen molar-refractivity contribution in [3.05, 3.63) is 30.0 Å². The second-order valence-corrected chi connectivity index (χ2v) is 5.92. The van der Waals surface area contributed by atoms with E-state index in [1.165, 1.54) is 0 Å². The monoisotopic (exact) mass is 271 g/mol. The van der Waals surface area contributed by atoms with Gasteiger partial charge < -0.3 is 10.1 Å². The van der Waals surface area contributed by atoms with Crippen LogP contribution in [-0.4, -0.2) is 29.7 Å². The van der Waals surface area contributed by atoms with Crippen molar-refractivity contribution in [3.8, 4) is 0 Å². The molecule has 1 aliphatic heterocycles. The van der Waals surface area contributed by atoms with E-state index in [0.29, 0.717) is 0 Å². The fourth-order valence-electron chi connectivity index (χ4n) is 2.59. The third-order valence-corrected chi connectivity index (χ3v) is 4.13. The molecule has 0 radical (unpaired) electrons. The minimum absolute atomic E-state index is 0.290. The Bertz CT molecular complexity index is 606. The van der Waals surface area contributed by atoms with Crippen LogP contribution in [-0.2, 0) is 4.74 Å². The summed E-state index contributed by atoms with van der Waals surface area (Å²) in [6.07, 6.45) is 2.19. The van der Waals surface area contributed by atoms with Crippen molar-refractivity contribution in [2.24, 2.45) is 5.41 Å². The highest BCUT2D eigenvalue weighted by atomic mass is 16.5. The first-order valence-corrected chi connectivity index (χ1v) is 7.21. The van der Waals surface area contributed by atoms with Gasteiger partial charge in [-0.15, -0.1) is 0 Å². The second kappa shape index (κ2) is 5.37. The highest BCUT2D eigenvalue weighted by Gasteiger charge is 2.27. The van der Waals surface area contributed by atoms with E-state index in [2.05, 4.69) is 22.2 Å². The maximum absolute atomic E-state index is 5.44. The van der Waals surface area contributed by atoms with E-state index in [-0.39, 0.29) is 5.41 Å². The molecule has 3 rings (SSSR count). The number of aromatic nitrogens is 2. The van der Waals surface area contributed by atoms with E-state index >= 15 is 0 Å². The molecule has 0 amide bonds. The molecule has 0 aliphatic carbocycles. The van der Waals surface area contributed by atoms with Gasteiger partial charge in [-0.25, -0.2) is 9.97 Å². The van der Waals surface area contributed by atoms with Gasteiger partial charge in [0.2, 0.25) is 0 Å². The standard InChI is InChI=1S/C16H21N3O/c1-12-15(17-11-16(2)7-9-20-10-8-16)19-14-6-4-3-5-13(14)18-12/h3-6H,7-11H2,1-2H3,(H,17,19). The lowest BCUT2D eigenvalue weighted by Gasteiger charge is -2.33. The second-order valence-electron chi connectivity index (χ2n) is 5.92. The minimum atomic E-state index is 0.290. The Morgan fingerprint density at radius 1 is 1.15 bits per heavy atom. The molecule has 106 valence electrons. The quantitative estimate of drug-likeness (QED) is 0.931. The smallest absolute Gasteiger partial charge is 0.148 e. The van der Waals surface area contributed by atoms with Crippen molar-refractivity contribution in [1.82, 2.24) is 9.97 Å². The topological polar surface area (TPSA) is 47.0 Å². The van der Waals surface area contributed by atoms with Crippen LogP contribution in [0.5, 0.6) is 0 Å². The molecular weight excluding hydrogens is 250 g/mol. The van der Waals surface area contributed by atoms with Crippen molar-refractivity contribution in [2.45, 2.75) is 26.7 Å². The molecule has 0 spiro atoms. The largest absolute Gasteiger partial charge is 0.381 e. The van der Waals surface area contributed by atoms with Gasteiger partial charge in [-0.2, -0.15) is 0 Å². The van der Waals surface area contributed by atoms with E-state index in [0.717, 1.165) is 55.1 Å². The molecule has 2 aromatic rings. The van der Waals surface area contributed by atoms with Crippen LogP contribution >= 0.6 is 0 Å². The molecule has 1 aliphatic rings. The van der Waals surface area contributed by atoms with Gasteiger partial charge >= 0.3 is 0 Å². The van der Waals surface area contributed by atoms with Gasteiger partial charge in [0.15, 0.2) is 0 Å². The van der Waals surface area contributed by atoms with Gasteiger partial charge in [-0.05, 0) is 37.3 Å². The molecular formula is C16H21N3O. The first-order chi connectivity index (χ1) is 9.66. The van der Waals surface area contributed by atoms with Crippen LogP contribution in [0.1, 0.15) is 25.5 Å². The summed E-state index contributed by atoms with van der Waals surface area (Å²) in [6, 6.07) is 7.99. The van der Waals surface area contributed by atoms with Gasteiger partial charge in [0, 0.05) is 19.8 Å². The van der Waals surface area contributed by atoms with Crippen molar-refractivity contribution in [2.75, 3.05) is 25.1 Å². The average molecular weight is 271 g/mol. The number of hydrogen-bond donors (Lipinski definition) is 1. The van der Waals surface area contributed by atoms with E-state index in [1.807, 2.05) is 31.2 Å². The SMILES string of the molecule is Cc1nc2ccccc2nc1NCC1(C)CCOCC1. The number of rotatable bonds is 3. The molecule has 1 N–H and O–H groups in total. The molecule has 0 atom stereocenters. The molecule has 1 aromatic heterocycles. The van der Waals surface area contributed by atoms with Crippen molar-refractivity contribution >= 4 is 16.9 Å². The van der Waals surface area contributed by atoms with Crippen molar-refractivity contribution < 1.29 is 4.74 Å². The fourth-order valence-corrected chi connectivity index (χ4v) is 2.59. The third-order valence-electron chi connectivity index (χ3n) is 4.13. The summed E-state index contributed by atoms with van der Waals surface area (Å²) in [5.74, 6) is 0.899. The molecule has 2 heterocycles. The summed E-state index contributed by atoms with van der Waals surface area (Å²) in [5, 5.41) is 3.49. The third kappa shape index (κ3) is 2.75. The van der Waals surface area contributed by atoms with Crippen LogP contribution in [0.2, 0.25) is 0 Å². The Morgan fingerprint density at radius 3 is 2.50 bits per heavy atom. The van der Waals surface area contributed by atoms with E-state index in [9.17, 15) is 0 Å². The van der Waals surface area contributed by atoms with Crippen molar-refractivity contribution in [3.63, 3.8) is 0 Å². The Labute approximate surface area is 119 Å². The van der Waals surface area contributed by atoms with Crippen LogP contribution in [0.25, 0.3) is 11.0 Å². The van der Waals surface area contributed by atoms with Gasteiger partial charge in [0.05, 0.1) is 16.7 Å². The molecule has 0 unspecified atom stereocenters. The molecule has 1 aromatic carbocycles. The maximum atomic E-state index is 5.44. The van der Waals surface area contributed by atoms with E-state index in [1.54, 1.807) is 0 Å². The number of nitrogens with one attached hydrogen (secondary N) is 1. The summed E-state index contributed by atoms with van der Waals surface area (Å²) in [5.41, 5.74) is 3.14. The molecule has 20 heavy (non-hydrogen) atoms. The highest BCUT2D eigenvalue weighted by Crippen LogP contribution is 2.30. The summed E-state index contributed by atoms with van der Waals surface area (Å²) in [4.78, 5) is 9.30. The van der Waals surface area contributed by atoms with Gasteiger partial charge in [0.25, 0.3) is 0 Å². The molecule has 1 fully saturated rings. The number of aryl methyl sites for hydroxylation is 1. The normalized spacial score (nSPS) is 18.1. The first-order valence-electron chi connectivity index (χ1n) is 7.21. The first kappa shape index (κ1) is 13.3. The lowest BCUT2D eigenvalue weighted by molar-refractivity contribution is 0.0299. The van der Waals surface area contributed by atoms with Crippen LogP contribution in [0, 0.1) is 12.3 Å². The number of benzene rings is 1. The van der Waals surface area contributed by atoms with E-state index < -0.39 is 0 Å². The molecule has 0 bridgehead atoms. The Hall–Kier alpha value is -1.68. The van der Waals surface area contributed by atoms with Crippen LogP contribution in [0.3, 0.4) is 0 Å². The molecule has 1 saturated heterocycles. The Morgan fingerprint density at radius 2 is 1.80 bits per heavy atom. The van der Waals surface area contributed by atoms with E-state index in [4.69, 9.17) is 4.74 Å². The summed E-state index contributed by atoms with van der Waals surface area (Å²) in [6.45, 7) is 6.96. The predicted molar refractivity (Wildman–Crippen MR) is 80.9 cm³/mol. The highest BCUT2D eigenvalue weighted by molar-refractivity contribution is 5.76. The fraction of sp³-hybridized carbons (Fsp3) is 0.500. The zero-order valence-corrected chi connectivity index (χ0v) is 12.1. The number of fused-ring (bicyclic) bond motifs is 1. The molecule has 4 heteroatoms. The Balaban J connectivity index is 1.78. The van der Waals surface area contributed by atoms with Gasteiger partial charge in [0.1, 0.15) is 5.82 Å². The Kier molecular flexibility index (Phi) is 3.57. The number of para-hydroxylation sites is 2. The molecule has 0 saturated carbocycles. The number of hydrogen-bond acceptors (Lipinski definition) is 4. The van der Waals surface area contributed by atoms with Crippen LogP contribution in [0.4, 0.5) is 5.82 Å². The predicted octanol–water partition coefficient (Wildman–Crippen LogP) is 3.17. The van der Waals surface area contributed by atoms with Crippen molar-refractivity contribution in [1.29, 1.82) is 0 Å². The number of anilines is 1. The minimum Gasteiger partial charge on any atom is -0.381 e. The lowest BCUT2D eigenvalue weighted by atomic mass is 9.82. The zero-order chi connectivity index (χ0) is 14.0. The number of ether oxygens (including phenoxy) is 1. The average Bonchev–Trinajstić information content (AvgIpc) is 2.46. The zero-order valence-electron chi connectivity index (χ0n) is 12.1. The number of nitrogens with zero attached hydrogens (tertiary/aromatic N) is 2. The molecule has 4 nitrogen and oxygen atoms in total. The lowest BCUT2D eigenvalue weighted by Crippen LogP contribution is -2.33. The summed E-state index contributed by atoms with van der Waals surface area (Å²) < 4.78 is 5.44. The van der Waals surface area contributed by atoms with Gasteiger partial charge in [-0.3, -0.25) is 0 Å². The van der Waals surface area contributed by atoms with Gasteiger partial charge in [-0.1, -0.05) is 19.1 Å². The summed E-state index contributed by atoms with van der Waals surface area (Å²) >= 11 is 0.